The Hall–Kier alpha value is -3.03. The zero-order valence-electron chi connectivity index (χ0n) is 10.6. The van der Waals surface area contributed by atoms with Gasteiger partial charge < -0.3 is 4.74 Å². The second-order valence-electron chi connectivity index (χ2n) is 4.08. The van der Waals surface area contributed by atoms with E-state index in [2.05, 4.69) is 0 Å². The van der Waals surface area contributed by atoms with Crippen LogP contribution in [0.4, 0.5) is 15.8 Å². The van der Waals surface area contributed by atoms with Gasteiger partial charge in [-0.1, -0.05) is 12.1 Å². The number of hydrogen-bond donors (Lipinski definition) is 0. The molecule has 0 amide bonds. The number of benzene rings is 2. The molecule has 108 valence electrons. The molecule has 0 atom stereocenters. The van der Waals surface area contributed by atoms with Crippen LogP contribution < -0.4 is 4.74 Å². The Morgan fingerprint density at radius 3 is 2.43 bits per heavy atom. The van der Waals surface area contributed by atoms with Gasteiger partial charge in [-0.2, -0.15) is 0 Å². The number of hydrogen-bond acceptors (Lipinski definition) is 5. The number of ether oxygens (including phenoxy) is 1. The molecule has 8 heteroatoms. The molecule has 0 saturated heterocycles. The minimum Gasteiger partial charge on any atom is -0.482 e. The summed E-state index contributed by atoms with van der Waals surface area (Å²) in [6, 6.07) is 8.65. The molecule has 0 aliphatic rings. The van der Waals surface area contributed by atoms with Crippen LogP contribution in [0.2, 0.25) is 0 Å². The summed E-state index contributed by atoms with van der Waals surface area (Å²) in [5.41, 5.74) is -0.428. The highest BCUT2D eigenvalue weighted by atomic mass is 19.1. The van der Waals surface area contributed by atoms with Crippen LogP contribution in [-0.4, -0.2) is 9.85 Å². The Labute approximate surface area is 117 Å². The van der Waals surface area contributed by atoms with Gasteiger partial charge >= 0.3 is 5.69 Å². The Morgan fingerprint density at radius 2 is 1.81 bits per heavy atom. The lowest BCUT2D eigenvalue weighted by Gasteiger charge is -2.06. The topological polar surface area (TPSA) is 95.5 Å². The van der Waals surface area contributed by atoms with Gasteiger partial charge in [0.1, 0.15) is 12.4 Å². The van der Waals surface area contributed by atoms with E-state index in [0.717, 1.165) is 18.2 Å². The van der Waals surface area contributed by atoms with Crippen molar-refractivity contribution in [2.24, 2.45) is 0 Å². The number of nitrogens with zero attached hydrogens (tertiary/aromatic N) is 2. The molecular weight excluding hydrogens is 283 g/mol. The Kier molecular flexibility index (Phi) is 4.07. The molecule has 0 unspecified atom stereocenters. The monoisotopic (exact) mass is 292 g/mol. The summed E-state index contributed by atoms with van der Waals surface area (Å²) >= 11 is 0. The van der Waals surface area contributed by atoms with Gasteiger partial charge in [0.25, 0.3) is 5.69 Å². The van der Waals surface area contributed by atoms with E-state index >= 15 is 0 Å². The lowest BCUT2D eigenvalue weighted by molar-refractivity contribution is -0.394. The maximum absolute atomic E-state index is 13.0. The van der Waals surface area contributed by atoms with Crippen molar-refractivity contribution in [2.75, 3.05) is 0 Å². The average Bonchev–Trinajstić information content (AvgIpc) is 2.44. The first-order valence-corrected chi connectivity index (χ1v) is 5.77. The molecule has 2 aromatic carbocycles. The van der Waals surface area contributed by atoms with Crippen molar-refractivity contribution in [1.29, 1.82) is 0 Å². The highest BCUT2D eigenvalue weighted by molar-refractivity contribution is 5.53. The van der Waals surface area contributed by atoms with Gasteiger partial charge in [0.2, 0.25) is 0 Å². The predicted octanol–water partition coefficient (Wildman–Crippen LogP) is 3.22. The van der Waals surface area contributed by atoms with E-state index in [9.17, 15) is 24.6 Å². The Bertz CT molecular complexity index is 705. The third kappa shape index (κ3) is 3.50. The standard InChI is InChI=1S/C13H9FN2O5/c14-10-3-1-2-9(6-10)8-21-13-5-4-11(15(17)18)7-12(13)16(19)20/h1-7H,8H2. The van der Waals surface area contributed by atoms with Gasteiger partial charge in [-0.05, 0) is 23.8 Å². The highest BCUT2D eigenvalue weighted by Gasteiger charge is 2.20. The van der Waals surface area contributed by atoms with Gasteiger partial charge in [0, 0.05) is 6.07 Å². The predicted molar refractivity (Wildman–Crippen MR) is 70.5 cm³/mol. The number of non-ortho nitro benzene ring substituents is 1. The number of nitro benzene ring substituents is 2. The lowest BCUT2D eigenvalue weighted by Crippen LogP contribution is -2.00. The number of nitro groups is 2. The van der Waals surface area contributed by atoms with Crippen molar-refractivity contribution < 1.29 is 19.0 Å². The van der Waals surface area contributed by atoms with Crippen molar-refractivity contribution in [3.8, 4) is 5.75 Å². The lowest BCUT2D eigenvalue weighted by atomic mass is 10.2. The van der Waals surface area contributed by atoms with Crippen molar-refractivity contribution in [3.63, 3.8) is 0 Å². The van der Waals surface area contributed by atoms with Crippen LogP contribution in [0.25, 0.3) is 0 Å². The summed E-state index contributed by atoms with van der Waals surface area (Å²) in [5, 5.41) is 21.5. The zero-order chi connectivity index (χ0) is 15.4. The Morgan fingerprint density at radius 1 is 1.05 bits per heavy atom. The maximum atomic E-state index is 13.0. The molecule has 0 heterocycles. The van der Waals surface area contributed by atoms with Gasteiger partial charge in [-0.25, -0.2) is 4.39 Å². The van der Waals surface area contributed by atoms with Crippen LogP contribution >= 0.6 is 0 Å². The fraction of sp³-hybridized carbons (Fsp3) is 0.0769. The minimum absolute atomic E-state index is 0.0869. The van der Waals surface area contributed by atoms with Crippen LogP contribution in [0.3, 0.4) is 0 Å². The molecule has 0 fully saturated rings. The third-order valence-corrected chi connectivity index (χ3v) is 2.63. The molecule has 0 bridgehead atoms. The van der Waals surface area contributed by atoms with Crippen LogP contribution in [0, 0.1) is 26.0 Å². The summed E-state index contributed by atoms with van der Waals surface area (Å²) in [6.07, 6.45) is 0. The first kappa shape index (κ1) is 14.4. The molecule has 7 nitrogen and oxygen atoms in total. The zero-order valence-corrected chi connectivity index (χ0v) is 10.6. The summed E-state index contributed by atoms with van der Waals surface area (Å²) in [6.45, 7) is -0.0869. The SMILES string of the molecule is O=[N+]([O-])c1ccc(OCc2cccc(F)c2)c([N+](=O)[O-])c1. The van der Waals surface area contributed by atoms with Crippen LogP contribution in [0.5, 0.6) is 5.75 Å². The normalized spacial score (nSPS) is 10.1. The van der Waals surface area contributed by atoms with E-state index < -0.39 is 27.0 Å². The fourth-order valence-electron chi connectivity index (χ4n) is 1.67. The third-order valence-electron chi connectivity index (χ3n) is 2.63. The summed E-state index contributed by atoms with van der Waals surface area (Å²) in [5.74, 6) is -0.566. The molecule has 21 heavy (non-hydrogen) atoms. The molecule has 0 aliphatic heterocycles. The quantitative estimate of drug-likeness (QED) is 0.622. The minimum atomic E-state index is -0.770. The largest absolute Gasteiger partial charge is 0.482 e. The van der Waals surface area contributed by atoms with Crippen molar-refractivity contribution in [1.82, 2.24) is 0 Å². The molecule has 0 aromatic heterocycles. The van der Waals surface area contributed by atoms with E-state index in [1.165, 1.54) is 18.2 Å². The van der Waals surface area contributed by atoms with Crippen LogP contribution in [-0.2, 0) is 6.61 Å². The molecule has 0 aliphatic carbocycles. The summed E-state index contributed by atoms with van der Waals surface area (Å²) < 4.78 is 18.2. The molecule has 0 radical (unpaired) electrons. The van der Waals surface area contributed by atoms with E-state index in [0.29, 0.717) is 5.56 Å². The number of rotatable bonds is 5. The molecule has 0 saturated carbocycles. The first-order valence-electron chi connectivity index (χ1n) is 5.77. The second kappa shape index (κ2) is 5.95. The van der Waals surface area contributed by atoms with Crippen molar-refractivity contribution in [3.05, 3.63) is 74.1 Å². The van der Waals surface area contributed by atoms with Gasteiger partial charge in [0.05, 0.1) is 15.9 Å². The number of halogens is 1. The fourth-order valence-corrected chi connectivity index (χ4v) is 1.67. The van der Waals surface area contributed by atoms with E-state index in [4.69, 9.17) is 4.74 Å². The van der Waals surface area contributed by atoms with E-state index in [1.54, 1.807) is 6.07 Å². The van der Waals surface area contributed by atoms with Gasteiger partial charge in [-0.15, -0.1) is 0 Å². The van der Waals surface area contributed by atoms with E-state index in [1.807, 2.05) is 0 Å². The summed E-state index contributed by atoms with van der Waals surface area (Å²) in [7, 11) is 0. The van der Waals surface area contributed by atoms with Crippen LogP contribution in [0.15, 0.2) is 42.5 Å². The molecule has 2 aromatic rings. The van der Waals surface area contributed by atoms with Crippen molar-refractivity contribution in [2.45, 2.75) is 6.61 Å². The van der Waals surface area contributed by atoms with E-state index in [-0.39, 0.29) is 12.4 Å². The molecular formula is C13H9FN2O5. The second-order valence-corrected chi connectivity index (χ2v) is 4.08. The maximum Gasteiger partial charge on any atom is 0.317 e. The van der Waals surface area contributed by atoms with Gasteiger partial charge in [-0.3, -0.25) is 20.2 Å². The molecule has 0 spiro atoms. The van der Waals surface area contributed by atoms with Gasteiger partial charge in [0.15, 0.2) is 5.75 Å². The van der Waals surface area contributed by atoms with Crippen molar-refractivity contribution >= 4 is 11.4 Å². The summed E-state index contributed by atoms with van der Waals surface area (Å²) in [4.78, 5) is 20.0. The molecule has 2 rings (SSSR count). The Balaban J connectivity index is 2.23. The highest BCUT2D eigenvalue weighted by Crippen LogP contribution is 2.31. The first-order chi connectivity index (χ1) is 9.97. The molecule has 0 N–H and O–H groups in total. The average molecular weight is 292 g/mol. The van der Waals surface area contributed by atoms with Crippen LogP contribution in [0.1, 0.15) is 5.56 Å². The smallest absolute Gasteiger partial charge is 0.317 e.